The van der Waals surface area contributed by atoms with E-state index in [1.807, 2.05) is 0 Å². The fourth-order valence-electron chi connectivity index (χ4n) is 4.08. The van der Waals surface area contributed by atoms with Crippen molar-refractivity contribution in [1.29, 1.82) is 0 Å². The molecule has 8 nitrogen and oxygen atoms in total. The van der Waals surface area contributed by atoms with Crippen molar-refractivity contribution in [3.8, 4) is 0 Å². The van der Waals surface area contributed by atoms with Crippen LogP contribution in [0.15, 0.2) is 37.4 Å². The van der Waals surface area contributed by atoms with E-state index in [0.29, 0.717) is 12.5 Å². The molecule has 0 radical (unpaired) electrons. The van der Waals surface area contributed by atoms with E-state index in [2.05, 4.69) is 36.1 Å². The van der Waals surface area contributed by atoms with Gasteiger partial charge in [-0.1, -0.05) is 54.5 Å². The van der Waals surface area contributed by atoms with Crippen LogP contribution in [0.5, 0.6) is 0 Å². The number of unbranched alkanes of at least 4 members (excludes halogenated alkanes) is 7. The molecule has 1 N–H and O–H groups in total. The van der Waals surface area contributed by atoms with Gasteiger partial charge in [-0.05, 0) is 18.9 Å². The topological polar surface area (TPSA) is 98.7 Å². The van der Waals surface area contributed by atoms with Gasteiger partial charge in [0.1, 0.15) is 42.5 Å². The molecule has 0 saturated heterocycles. The molecule has 35 heavy (non-hydrogen) atoms. The van der Waals surface area contributed by atoms with Crippen molar-refractivity contribution in [3.63, 3.8) is 0 Å². The fourth-order valence-corrected chi connectivity index (χ4v) is 4.48. The number of Topliss-reactive ketones (excluding diaryl/α,β-unsaturated/α-hetero) is 1. The van der Waals surface area contributed by atoms with Crippen LogP contribution in [0.4, 0.5) is 8.78 Å². The smallest absolute Gasteiger partial charge is 0.165 e. The molecular formula is C24H31BrF2N6O2. The summed E-state index contributed by atoms with van der Waals surface area (Å²) >= 11 is 3.43. The van der Waals surface area contributed by atoms with Crippen LogP contribution in [-0.2, 0) is 18.7 Å². The highest BCUT2D eigenvalue weighted by Gasteiger charge is 2.36. The summed E-state index contributed by atoms with van der Waals surface area (Å²) in [5, 5.41) is 20.5. The summed E-state index contributed by atoms with van der Waals surface area (Å²) < 4.78 is 32.2. The number of halogens is 3. The van der Waals surface area contributed by atoms with E-state index in [4.69, 9.17) is 0 Å². The lowest BCUT2D eigenvalue weighted by Gasteiger charge is -2.29. The van der Waals surface area contributed by atoms with E-state index in [1.54, 1.807) is 0 Å². The second-order valence-corrected chi connectivity index (χ2v) is 9.51. The van der Waals surface area contributed by atoms with Gasteiger partial charge in [0.2, 0.25) is 0 Å². The number of aromatic nitrogens is 6. The van der Waals surface area contributed by atoms with E-state index in [1.165, 1.54) is 60.4 Å². The Morgan fingerprint density at radius 2 is 1.40 bits per heavy atom. The molecular weight excluding hydrogens is 522 g/mol. The lowest BCUT2D eigenvalue weighted by atomic mass is 9.90. The standard InChI is InChI=1S/C24H31BrF2N6O2/c25-10-8-6-4-2-1-3-5-7-9-23(34)19-11-20(22(27)12-21(19)26)24(35,13-32-17-28-15-30-32)14-33-18-29-16-31-33/h11-12,15-18,35H,1-10,13-14H2. The molecule has 3 aromatic rings. The highest BCUT2D eigenvalue weighted by molar-refractivity contribution is 9.09. The number of hydrogen-bond donors (Lipinski definition) is 1. The monoisotopic (exact) mass is 552 g/mol. The molecule has 3 rings (SSSR count). The lowest BCUT2D eigenvalue weighted by Crippen LogP contribution is -2.38. The minimum atomic E-state index is -1.89. The number of rotatable bonds is 16. The number of alkyl halides is 1. The molecule has 1 aromatic carbocycles. The predicted molar refractivity (Wildman–Crippen MR) is 130 cm³/mol. The van der Waals surface area contributed by atoms with Gasteiger partial charge in [0.05, 0.1) is 18.7 Å². The van der Waals surface area contributed by atoms with Crippen LogP contribution in [0.1, 0.15) is 73.7 Å². The van der Waals surface area contributed by atoms with E-state index in [9.17, 15) is 18.7 Å². The molecule has 0 atom stereocenters. The zero-order valence-corrected chi connectivity index (χ0v) is 21.2. The van der Waals surface area contributed by atoms with Crippen molar-refractivity contribution >= 4 is 21.7 Å². The molecule has 0 amide bonds. The van der Waals surface area contributed by atoms with Crippen LogP contribution in [0, 0.1) is 11.6 Å². The van der Waals surface area contributed by atoms with Crippen LogP contribution in [0.2, 0.25) is 0 Å². The van der Waals surface area contributed by atoms with Crippen LogP contribution in [0.25, 0.3) is 0 Å². The van der Waals surface area contributed by atoms with E-state index in [0.717, 1.165) is 30.7 Å². The van der Waals surface area contributed by atoms with Crippen molar-refractivity contribution in [1.82, 2.24) is 29.5 Å². The van der Waals surface area contributed by atoms with Gasteiger partial charge in [-0.15, -0.1) is 0 Å². The summed E-state index contributed by atoms with van der Waals surface area (Å²) in [5.74, 6) is -2.31. The minimum Gasteiger partial charge on any atom is -0.381 e. The van der Waals surface area contributed by atoms with Crippen LogP contribution in [-0.4, -0.2) is 45.7 Å². The zero-order chi connectivity index (χ0) is 25.1. The fraction of sp³-hybridized carbons (Fsp3) is 0.542. The molecule has 0 aliphatic rings. The first-order valence-electron chi connectivity index (χ1n) is 11.9. The van der Waals surface area contributed by atoms with Gasteiger partial charge in [0.15, 0.2) is 5.78 Å². The van der Waals surface area contributed by atoms with Crippen molar-refractivity contribution in [2.45, 2.75) is 76.5 Å². The number of benzene rings is 1. The van der Waals surface area contributed by atoms with E-state index in [-0.39, 0.29) is 30.6 Å². The van der Waals surface area contributed by atoms with Crippen molar-refractivity contribution in [2.75, 3.05) is 5.33 Å². The summed E-state index contributed by atoms with van der Waals surface area (Å²) in [7, 11) is 0. The molecule has 0 fully saturated rings. The Kier molecular flexibility index (Phi) is 10.5. The molecule has 2 aromatic heterocycles. The summed E-state index contributed by atoms with van der Waals surface area (Å²) in [6, 6.07) is 1.77. The Balaban J connectivity index is 1.68. The molecule has 11 heteroatoms. The molecule has 0 spiro atoms. The molecule has 190 valence electrons. The van der Waals surface area contributed by atoms with Gasteiger partial charge in [-0.3, -0.25) is 4.79 Å². The van der Waals surface area contributed by atoms with Crippen molar-refractivity contribution in [3.05, 3.63) is 60.2 Å². The molecule has 0 bridgehead atoms. The first kappa shape index (κ1) is 27.1. The minimum absolute atomic E-state index is 0.163. The summed E-state index contributed by atoms with van der Waals surface area (Å²) in [5.41, 5.74) is -2.33. The maximum absolute atomic E-state index is 14.9. The third kappa shape index (κ3) is 7.99. The Hall–Kier alpha value is -2.53. The molecule has 2 heterocycles. The SMILES string of the molecule is O=C(CCCCCCCCCCBr)c1cc(C(O)(Cn2cncn2)Cn2cncn2)c(F)cc1F. The average molecular weight is 553 g/mol. The largest absolute Gasteiger partial charge is 0.381 e. The number of nitrogens with zero attached hydrogens (tertiary/aromatic N) is 6. The van der Waals surface area contributed by atoms with Crippen molar-refractivity contribution in [2.24, 2.45) is 0 Å². The maximum Gasteiger partial charge on any atom is 0.165 e. The Morgan fingerprint density at radius 3 is 1.91 bits per heavy atom. The van der Waals surface area contributed by atoms with E-state index < -0.39 is 23.0 Å². The molecule has 0 aliphatic heterocycles. The number of aliphatic hydroxyl groups is 1. The molecule has 0 saturated carbocycles. The van der Waals surface area contributed by atoms with Gasteiger partial charge in [-0.2, -0.15) is 10.2 Å². The summed E-state index contributed by atoms with van der Waals surface area (Å²) in [4.78, 5) is 20.5. The maximum atomic E-state index is 14.9. The van der Waals surface area contributed by atoms with Gasteiger partial charge >= 0.3 is 0 Å². The van der Waals surface area contributed by atoms with Gasteiger partial charge in [-0.25, -0.2) is 28.1 Å². The Labute approximate surface area is 211 Å². The number of hydrogen-bond acceptors (Lipinski definition) is 6. The zero-order valence-electron chi connectivity index (χ0n) is 19.6. The quantitative estimate of drug-likeness (QED) is 0.155. The lowest BCUT2D eigenvalue weighted by molar-refractivity contribution is -0.00860. The van der Waals surface area contributed by atoms with Gasteiger partial charge in [0, 0.05) is 23.4 Å². The number of carbonyl (C=O) groups excluding carboxylic acids is 1. The van der Waals surface area contributed by atoms with E-state index >= 15 is 0 Å². The van der Waals surface area contributed by atoms with Crippen LogP contribution in [0.3, 0.4) is 0 Å². The predicted octanol–water partition coefficient (Wildman–Crippen LogP) is 4.82. The number of ketones is 1. The van der Waals surface area contributed by atoms with Crippen LogP contribution >= 0.6 is 15.9 Å². The van der Waals surface area contributed by atoms with Gasteiger partial charge < -0.3 is 5.11 Å². The molecule has 0 aliphatic carbocycles. The number of carbonyl (C=O) groups is 1. The third-order valence-corrected chi connectivity index (χ3v) is 6.49. The first-order valence-corrected chi connectivity index (χ1v) is 13.0. The normalized spacial score (nSPS) is 11.8. The second kappa shape index (κ2) is 13.5. The van der Waals surface area contributed by atoms with Crippen LogP contribution < -0.4 is 0 Å². The molecule has 0 unspecified atom stereocenters. The summed E-state index contributed by atoms with van der Waals surface area (Å²) in [6.07, 6.45) is 13.9. The highest BCUT2D eigenvalue weighted by Crippen LogP contribution is 2.30. The highest BCUT2D eigenvalue weighted by atomic mass is 79.9. The van der Waals surface area contributed by atoms with Crippen molar-refractivity contribution < 1.29 is 18.7 Å². The second-order valence-electron chi connectivity index (χ2n) is 8.72. The summed E-state index contributed by atoms with van der Waals surface area (Å²) in [6.45, 7) is -0.364. The third-order valence-electron chi connectivity index (χ3n) is 5.93. The Morgan fingerprint density at radius 1 is 0.857 bits per heavy atom. The Bertz CT molecular complexity index is 1010. The first-order chi connectivity index (χ1) is 16.9. The average Bonchev–Trinajstić information content (AvgIpc) is 3.52. The van der Waals surface area contributed by atoms with Gasteiger partial charge in [0.25, 0.3) is 0 Å².